The van der Waals surface area contributed by atoms with Gasteiger partial charge in [-0.3, -0.25) is 0 Å². The molecule has 2 N–H and O–H groups in total. The Morgan fingerprint density at radius 3 is 2.32 bits per heavy atom. The molecule has 2 nitrogen and oxygen atoms in total. The number of benzene rings is 1. The normalized spacial score (nSPS) is 27.3. The molecule has 0 aromatic heterocycles. The van der Waals surface area contributed by atoms with E-state index in [9.17, 15) is 5.11 Å². The number of aromatic hydroxyl groups is 1. The van der Waals surface area contributed by atoms with Crippen LogP contribution in [0.5, 0.6) is 5.75 Å². The smallest absolute Gasteiger partial charge is 0.152 e. The fourth-order valence-corrected chi connectivity index (χ4v) is 3.73. The van der Waals surface area contributed by atoms with Crippen LogP contribution in [-0.4, -0.2) is 11.1 Å². The topological polar surface area (TPSA) is 32.3 Å². The Bertz CT molecular complexity index is 450. The van der Waals surface area contributed by atoms with Crippen molar-refractivity contribution < 1.29 is 5.11 Å². The lowest BCUT2D eigenvalue weighted by atomic mass is 9.82. The summed E-state index contributed by atoms with van der Waals surface area (Å²) in [5.41, 5.74) is 0.911. The van der Waals surface area contributed by atoms with Crippen LogP contribution in [0.2, 0.25) is 10.0 Å². The number of hydrogen-bond donors (Lipinski definition) is 2. The third-order valence-electron chi connectivity index (χ3n) is 4.39. The molecule has 0 spiro atoms. The van der Waals surface area contributed by atoms with Crippen molar-refractivity contribution in [2.45, 2.75) is 44.6 Å². The zero-order chi connectivity index (χ0) is 13.4. The Morgan fingerprint density at radius 1 is 1.00 bits per heavy atom. The lowest BCUT2D eigenvalue weighted by Gasteiger charge is -2.30. The lowest BCUT2D eigenvalue weighted by Crippen LogP contribution is -2.28. The molecule has 0 amide bonds. The van der Waals surface area contributed by atoms with E-state index in [2.05, 4.69) is 5.32 Å². The van der Waals surface area contributed by atoms with Gasteiger partial charge in [-0.15, -0.1) is 0 Å². The van der Waals surface area contributed by atoms with E-state index in [0.717, 1.165) is 17.5 Å². The van der Waals surface area contributed by atoms with E-state index < -0.39 is 0 Å². The summed E-state index contributed by atoms with van der Waals surface area (Å²) in [5.74, 6) is 1.85. The fraction of sp³-hybridized carbons (Fsp3) is 0.600. The van der Waals surface area contributed by atoms with E-state index in [4.69, 9.17) is 23.2 Å². The number of anilines is 1. The average molecular weight is 300 g/mol. The van der Waals surface area contributed by atoms with E-state index in [1.807, 2.05) is 0 Å². The van der Waals surface area contributed by atoms with Gasteiger partial charge in [0.05, 0.1) is 10.0 Å². The number of phenols is 1. The molecule has 0 saturated heterocycles. The number of halogens is 2. The maximum absolute atomic E-state index is 9.57. The second kappa shape index (κ2) is 5.41. The highest BCUT2D eigenvalue weighted by Crippen LogP contribution is 2.44. The molecule has 2 unspecified atom stereocenters. The monoisotopic (exact) mass is 299 g/mol. The van der Waals surface area contributed by atoms with Crippen LogP contribution in [0, 0.1) is 11.8 Å². The van der Waals surface area contributed by atoms with Crippen LogP contribution in [0.4, 0.5) is 5.69 Å². The summed E-state index contributed by atoms with van der Waals surface area (Å²) in [7, 11) is 0. The first kappa shape index (κ1) is 13.4. The molecular weight excluding hydrogens is 281 g/mol. The molecule has 2 saturated carbocycles. The molecule has 4 heteroatoms. The molecule has 0 aliphatic heterocycles. The minimum atomic E-state index is -0.0339. The Morgan fingerprint density at radius 2 is 1.68 bits per heavy atom. The number of rotatable bonds is 3. The number of phenolic OH excluding ortho intramolecular Hbond substituents is 1. The second-order valence-corrected chi connectivity index (χ2v) is 6.71. The van der Waals surface area contributed by atoms with Crippen molar-refractivity contribution in [3.63, 3.8) is 0 Å². The summed E-state index contributed by atoms with van der Waals surface area (Å²) in [4.78, 5) is 0. The maximum Gasteiger partial charge on any atom is 0.152 e. The van der Waals surface area contributed by atoms with Gasteiger partial charge in [-0.1, -0.05) is 36.0 Å². The summed E-state index contributed by atoms with van der Waals surface area (Å²) in [5, 5.41) is 13.7. The Balaban J connectivity index is 1.67. The third-order valence-corrected chi connectivity index (χ3v) is 4.97. The fourth-order valence-electron chi connectivity index (χ4n) is 3.24. The Labute approximate surface area is 124 Å². The zero-order valence-electron chi connectivity index (χ0n) is 10.8. The largest absolute Gasteiger partial charge is 0.505 e. The van der Waals surface area contributed by atoms with Crippen molar-refractivity contribution in [3.05, 3.63) is 22.2 Å². The van der Waals surface area contributed by atoms with Gasteiger partial charge in [0.15, 0.2) is 5.75 Å². The molecular formula is C15H19Cl2NO. The average Bonchev–Trinajstić information content (AvgIpc) is 3.20. The highest BCUT2D eigenvalue weighted by molar-refractivity contribution is 6.37. The first-order valence-electron chi connectivity index (χ1n) is 7.08. The predicted molar refractivity (Wildman–Crippen MR) is 80.2 cm³/mol. The van der Waals surface area contributed by atoms with Crippen molar-refractivity contribution in [2.24, 2.45) is 11.8 Å². The molecule has 19 heavy (non-hydrogen) atoms. The van der Waals surface area contributed by atoms with Gasteiger partial charge in [0.2, 0.25) is 0 Å². The molecule has 0 radical (unpaired) electrons. The first-order chi connectivity index (χ1) is 9.13. The molecule has 0 bridgehead atoms. The van der Waals surface area contributed by atoms with Crippen molar-refractivity contribution in [3.8, 4) is 5.75 Å². The summed E-state index contributed by atoms with van der Waals surface area (Å²) in [6, 6.07) is 4.02. The van der Waals surface area contributed by atoms with Gasteiger partial charge < -0.3 is 10.4 Å². The van der Waals surface area contributed by atoms with E-state index in [1.165, 1.54) is 38.5 Å². The van der Waals surface area contributed by atoms with Crippen LogP contribution >= 0.6 is 23.2 Å². The van der Waals surface area contributed by atoms with Gasteiger partial charge in [-0.05, 0) is 49.7 Å². The molecule has 1 aromatic carbocycles. The second-order valence-electron chi connectivity index (χ2n) is 5.89. The van der Waals surface area contributed by atoms with Crippen molar-refractivity contribution >= 4 is 28.9 Å². The minimum absolute atomic E-state index is 0.0339. The number of hydrogen-bond acceptors (Lipinski definition) is 2. The van der Waals surface area contributed by atoms with Gasteiger partial charge >= 0.3 is 0 Å². The van der Waals surface area contributed by atoms with Gasteiger partial charge in [0.1, 0.15) is 0 Å². The van der Waals surface area contributed by atoms with E-state index >= 15 is 0 Å². The quantitative estimate of drug-likeness (QED) is 0.763. The van der Waals surface area contributed by atoms with Crippen LogP contribution in [0.15, 0.2) is 12.1 Å². The maximum atomic E-state index is 9.57. The van der Waals surface area contributed by atoms with E-state index in [1.54, 1.807) is 12.1 Å². The lowest BCUT2D eigenvalue weighted by molar-refractivity contribution is 0.303. The van der Waals surface area contributed by atoms with E-state index in [0.29, 0.717) is 16.1 Å². The van der Waals surface area contributed by atoms with Crippen LogP contribution in [0.1, 0.15) is 38.5 Å². The molecule has 2 fully saturated rings. The SMILES string of the molecule is Oc1c(Cl)cc(NC2CCCC(C3CC3)C2)cc1Cl. The highest BCUT2D eigenvalue weighted by Gasteiger charge is 2.34. The van der Waals surface area contributed by atoms with Gasteiger partial charge in [-0.2, -0.15) is 0 Å². The van der Waals surface area contributed by atoms with Gasteiger partial charge in [0.25, 0.3) is 0 Å². The summed E-state index contributed by atoms with van der Waals surface area (Å²) < 4.78 is 0. The van der Waals surface area contributed by atoms with Crippen molar-refractivity contribution in [1.29, 1.82) is 0 Å². The molecule has 2 aliphatic rings. The number of nitrogens with one attached hydrogen (secondary N) is 1. The predicted octanol–water partition coefficient (Wildman–Crippen LogP) is 5.08. The van der Waals surface area contributed by atoms with Gasteiger partial charge in [0, 0.05) is 11.7 Å². The summed E-state index contributed by atoms with van der Waals surface area (Å²) in [6.07, 6.45) is 8.00. The van der Waals surface area contributed by atoms with Gasteiger partial charge in [-0.25, -0.2) is 0 Å². The molecule has 2 aliphatic carbocycles. The van der Waals surface area contributed by atoms with Crippen LogP contribution < -0.4 is 5.32 Å². The Hall–Kier alpha value is -0.600. The molecule has 2 atom stereocenters. The van der Waals surface area contributed by atoms with Crippen LogP contribution in [0.25, 0.3) is 0 Å². The first-order valence-corrected chi connectivity index (χ1v) is 7.83. The third kappa shape index (κ3) is 3.11. The standard InChI is InChI=1S/C15H19Cl2NO/c16-13-7-12(8-14(17)15(13)19)18-11-3-1-2-10(6-11)9-4-5-9/h7-11,18-19H,1-6H2. The zero-order valence-corrected chi connectivity index (χ0v) is 12.3. The molecule has 104 valence electrons. The van der Waals surface area contributed by atoms with Crippen molar-refractivity contribution in [1.82, 2.24) is 0 Å². The van der Waals surface area contributed by atoms with E-state index in [-0.39, 0.29) is 5.75 Å². The molecule has 0 heterocycles. The summed E-state index contributed by atoms with van der Waals surface area (Å²) >= 11 is 11.9. The highest BCUT2D eigenvalue weighted by atomic mass is 35.5. The van der Waals surface area contributed by atoms with Crippen LogP contribution in [0.3, 0.4) is 0 Å². The Kier molecular flexibility index (Phi) is 3.81. The molecule has 1 aromatic rings. The minimum Gasteiger partial charge on any atom is -0.505 e. The molecule has 3 rings (SSSR count). The van der Waals surface area contributed by atoms with Crippen LogP contribution in [-0.2, 0) is 0 Å². The summed E-state index contributed by atoms with van der Waals surface area (Å²) in [6.45, 7) is 0. The van der Waals surface area contributed by atoms with Crippen molar-refractivity contribution in [2.75, 3.05) is 5.32 Å².